The Kier molecular flexibility index (Phi) is 4.39. The van der Waals surface area contributed by atoms with Crippen LogP contribution in [-0.4, -0.2) is 79.2 Å². The zero-order valence-corrected chi connectivity index (χ0v) is 12.3. The SMILES string of the molecule is CN(C)CCN(C(=O)c1cnon1)C1CCS(=O)(=O)C1. The number of likely N-dealkylation sites (N-methyl/N-ethyl adjacent to an activating group) is 1. The molecule has 1 fully saturated rings. The molecule has 1 aromatic heterocycles. The first-order valence-corrected chi connectivity index (χ1v) is 8.15. The lowest BCUT2D eigenvalue weighted by Crippen LogP contribution is -2.44. The molecule has 1 aromatic rings. The molecular formula is C11H18N4O4S. The van der Waals surface area contributed by atoms with Gasteiger partial charge in [0.1, 0.15) is 6.20 Å². The molecule has 1 saturated heterocycles. The highest BCUT2D eigenvalue weighted by molar-refractivity contribution is 7.91. The Morgan fingerprint density at radius 1 is 1.45 bits per heavy atom. The quantitative estimate of drug-likeness (QED) is 0.706. The van der Waals surface area contributed by atoms with E-state index < -0.39 is 9.84 Å². The van der Waals surface area contributed by atoms with Crippen molar-refractivity contribution >= 4 is 15.7 Å². The summed E-state index contributed by atoms with van der Waals surface area (Å²) >= 11 is 0. The van der Waals surface area contributed by atoms with Crippen molar-refractivity contribution in [3.8, 4) is 0 Å². The van der Waals surface area contributed by atoms with E-state index in [9.17, 15) is 13.2 Å². The zero-order valence-electron chi connectivity index (χ0n) is 11.5. The van der Waals surface area contributed by atoms with Crippen LogP contribution in [0.3, 0.4) is 0 Å². The van der Waals surface area contributed by atoms with E-state index >= 15 is 0 Å². The van der Waals surface area contributed by atoms with Gasteiger partial charge in [-0.25, -0.2) is 13.0 Å². The number of sulfone groups is 1. The van der Waals surface area contributed by atoms with E-state index in [2.05, 4.69) is 14.9 Å². The first kappa shape index (κ1) is 14.9. The van der Waals surface area contributed by atoms with Gasteiger partial charge in [0, 0.05) is 19.1 Å². The maximum absolute atomic E-state index is 12.4. The van der Waals surface area contributed by atoms with Crippen molar-refractivity contribution < 1.29 is 17.8 Å². The molecule has 1 atom stereocenters. The first-order valence-electron chi connectivity index (χ1n) is 6.33. The fourth-order valence-corrected chi connectivity index (χ4v) is 3.92. The Morgan fingerprint density at radius 2 is 2.20 bits per heavy atom. The largest absolute Gasteiger partial charge is 0.332 e. The Hall–Kier alpha value is -1.48. The molecule has 8 nitrogen and oxygen atoms in total. The van der Waals surface area contributed by atoms with Crippen LogP contribution >= 0.6 is 0 Å². The van der Waals surface area contributed by atoms with E-state index in [1.165, 1.54) is 6.20 Å². The molecule has 1 unspecified atom stereocenters. The van der Waals surface area contributed by atoms with Crippen molar-refractivity contribution in [1.82, 2.24) is 20.1 Å². The monoisotopic (exact) mass is 302 g/mol. The first-order chi connectivity index (χ1) is 9.39. The number of hydrogen-bond acceptors (Lipinski definition) is 7. The second-order valence-electron chi connectivity index (χ2n) is 5.15. The maximum Gasteiger partial charge on any atom is 0.278 e. The van der Waals surface area contributed by atoms with E-state index in [0.717, 1.165) is 0 Å². The Morgan fingerprint density at radius 3 is 2.70 bits per heavy atom. The van der Waals surface area contributed by atoms with E-state index in [1.807, 2.05) is 19.0 Å². The minimum atomic E-state index is -3.05. The smallest absolute Gasteiger partial charge is 0.278 e. The van der Waals surface area contributed by atoms with Crippen molar-refractivity contribution in [2.75, 3.05) is 38.7 Å². The normalized spacial score (nSPS) is 21.2. The van der Waals surface area contributed by atoms with E-state index in [-0.39, 0.29) is 29.1 Å². The molecule has 1 amide bonds. The van der Waals surface area contributed by atoms with E-state index in [1.54, 1.807) is 4.90 Å². The van der Waals surface area contributed by atoms with Crippen molar-refractivity contribution in [1.29, 1.82) is 0 Å². The average molecular weight is 302 g/mol. The van der Waals surface area contributed by atoms with E-state index in [4.69, 9.17) is 0 Å². The molecule has 0 radical (unpaired) electrons. The lowest BCUT2D eigenvalue weighted by Gasteiger charge is -2.28. The summed E-state index contributed by atoms with van der Waals surface area (Å²) in [6.45, 7) is 1.09. The molecule has 0 bridgehead atoms. The number of rotatable bonds is 5. The second kappa shape index (κ2) is 5.88. The summed E-state index contributed by atoms with van der Waals surface area (Å²) in [4.78, 5) is 15.9. The molecule has 1 aliphatic rings. The summed E-state index contributed by atoms with van der Waals surface area (Å²) in [5.41, 5.74) is 0.105. The minimum absolute atomic E-state index is 0.0114. The van der Waals surface area contributed by atoms with Gasteiger partial charge in [0.15, 0.2) is 15.5 Å². The van der Waals surface area contributed by atoms with Crippen LogP contribution in [0.5, 0.6) is 0 Å². The number of nitrogens with zero attached hydrogens (tertiary/aromatic N) is 4. The predicted octanol–water partition coefficient (Wildman–Crippen LogP) is -0.739. The van der Waals surface area contributed by atoms with Crippen LogP contribution in [0.1, 0.15) is 16.9 Å². The second-order valence-corrected chi connectivity index (χ2v) is 7.38. The summed E-state index contributed by atoms with van der Waals surface area (Å²) in [6.07, 6.45) is 1.71. The standard InChI is InChI=1S/C11H18N4O4S/c1-14(2)4-5-15(9-3-6-20(17,18)8-9)11(16)10-7-12-19-13-10/h7,9H,3-6,8H2,1-2H3. The fourth-order valence-electron chi connectivity index (χ4n) is 2.18. The Bertz CT molecular complexity index is 555. The van der Waals surface area contributed by atoms with Crippen LogP contribution in [0, 0.1) is 0 Å². The van der Waals surface area contributed by atoms with Crippen LogP contribution in [-0.2, 0) is 9.84 Å². The lowest BCUT2D eigenvalue weighted by atomic mass is 10.2. The van der Waals surface area contributed by atoms with Crippen molar-refractivity contribution in [3.63, 3.8) is 0 Å². The molecule has 0 N–H and O–H groups in total. The van der Waals surface area contributed by atoms with Gasteiger partial charge in [-0.3, -0.25) is 4.79 Å². The molecule has 0 aliphatic carbocycles. The Labute approximate surface area is 117 Å². The topological polar surface area (TPSA) is 96.6 Å². The van der Waals surface area contributed by atoms with Gasteiger partial charge in [-0.15, -0.1) is 0 Å². The van der Waals surface area contributed by atoms with E-state index in [0.29, 0.717) is 19.5 Å². The molecule has 20 heavy (non-hydrogen) atoms. The van der Waals surface area contributed by atoms with Crippen molar-refractivity contribution in [2.45, 2.75) is 12.5 Å². The third-order valence-corrected chi connectivity index (χ3v) is 5.03. The van der Waals surface area contributed by atoms with Crippen LogP contribution in [0.4, 0.5) is 0 Å². The minimum Gasteiger partial charge on any atom is -0.332 e. The summed E-state index contributed by atoms with van der Waals surface area (Å²) in [7, 11) is 0.741. The molecule has 112 valence electrons. The highest BCUT2D eigenvalue weighted by atomic mass is 32.2. The van der Waals surface area contributed by atoms with Gasteiger partial charge >= 0.3 is 0 Å². The van der Waals surface area contributed by atoms with Gasteiger partial charge < -0.3 is 9.80 Å². The molecule has 2 rings (SSSR count). The summed E-state index contributed by atoms with van der Waals surface area (Å²) in [6, 6.07) is -0.302. The number of amides is 1. The Balaban J connectivity index is 2.14. The molecule has 0 spiro atoms. The van der Waals surface area contributed by atoms with Crippen molar-refractivity contribution in [2.24, 2.45) is 0 Å². The predicted molar refractivity (Wildman–Crippen MR) is 70.9 cm³/mol. The summed E-state index contributed by atoms with van der Waals surface area (Å²) < 4.78 is 27.6. The summed E-state index contributed by atoms with van der Waals surface area (Å²) in [5, 5.41) is 6.95. The molecule has 9 heteroatoms. The maximum atomic E-state index is 12.4. The van der Waals surface area contributed by atoms with Crippen LogP contribution in [0.15, 0.2) is 10.8 Å². The average Bonchev–Trinajstić information content (AvgIpc) is 2.98. The number of hydrogen-bond donors (Lipinski definition) is 0. The molecule has 2 heterocycles. The van der Waals surface area contributed by atoms with Crippen molar-refractivity contribution in [3.05, 3.63) is 11.9 Å². The third-order valence-electron chi connectivity index (χ3n) is 3.28. The highest BCUT2D eigenvalue weighted by Gasteiger charge is 2.35. The highest BCUT2D eigenvalue weighted by Crippen LogP contribution is 2.19. The molecular weight excluding hydrogens is 284 g/mol. The number of carbonyl (C=O) groups excluding carboxylic acids is 1. The number of aromatic nitrogens is 2. The molecule has 1 aliphatic heterocycles. The zero-order chi connectivity index (χ0) is 14.8. The van der Waals surface area contributed by atoms with Gasteiger partial charge in [-0.2, -0.15) is 0 Å². The van der Waals surface area contributed by atoms with Crippen LogP contribution in [0.25, 0.3) is 0 Å². The number of carbonyl (C=O) groups is 1. The fraction of sp³-hybridized carbons (Fsp3) is 0.727. The summed E-state index contributed by atoms with van der Waals surface area (Å²) in [5.74, 6) is -0.201. The molecule has 0 aromatic carbocycles. The van der Waals surface area contributed by atoms with Crippen LogP contribution < -0.4 is 0 Å². The lowest BCUT2D eigenvalue weighted by molar-refractivity contribution is 0.0672. The van der Waals surface area contributed by atoms with Gasteiger partial charge in [0.25, 0.3) is 5.91 Å². The third kappa shape index (κ3) is 3.54. The van der Waals surface area contributed by atoms with Gasteiger partial charge in [-0.05, 0) is 25.7 Å². The van der Waals surface area contributed by atoms with Gasteiger partial charge in [0.2, 0.25) is 0 Å². The van der Waals surface area contributed by atoms with Crippen LogP contribution in [0.2, 0.25) is 0 Å². The van der Waals surface area contributed by atoms with Gasteiger partial charge in [-0.1, -0.05) is 5.16 Å². The van der Waals surface area contributed by atoms with Gasteiger partial charge in [0.05, 0.1) is 11.5 Å². The molecule has 0 saturated carbocycles.